The minimum atomic E-state index is -0.123. The van der Waals surface area contributed by atoms with Crippen LogP contribution in [0.5, 0.6) is 0 Å². The van der Waals surface area contributed by atoms with Gasteiger partial charge in [-0.05, 0) is 18.6 Å². The van der Waals surface area contributed by atoms with Crippen molar-refractivity contribution in [3.8, 4) is 0 Å². The van der Waals surface area contributed by atoms with Crippen LogP contribution in [0.4, 0.5) is 11.6 Å². The smallest absolute Gasteiger partial charge is 0.145 e. The number of rotatable bonds is 5. The van der Waals surface area contributed by atoms with Gasteiger partial charge in [-0.1, -0.05) is 27.7 Å². The third-order valence-electron chi connectivity index (χ3n) is 3.05. The van der Waals surface area contributed by atoms with Crippen LogP contribution in [0.2, 0.25) is 0 Å². The largest absolute Gasteiger partial charge is 0.365 e. The summed E-state index contributed by atoms with van der Waals surface area (Å²) in [4.78, 5) is 11.7. The number of nitrogen functional groups attached to an aromatic ring is 1. The Labute approximate surface area is 130 Å². The highest BCUT2D eigenvalue weighted by molar-refractivity contribution is 7.12. The third kappa shape index (κ3) is 4.15. The van der Waals surface area contributed by atoms with Gasteiger partial charge in [0.25, 0.3) is 0 Å². The zero-order chi connectivity index (χ0) is 15.5. The van der Waals surface area contributed by atoms with E-state index in [-0.39, 0.29) is 5.41 Å². The van der Waals surface area contributed by atoms with Crippen molar-refractivity contribution in [2.24, 2.45) is 5.84 Å². The first-order chi connectivity index (χ1) is 9.92. The molecule has 0 aliphatic heterocycles. The molecule has 0 saturated carbocycles. The summed E-state index contributed by atoms with van der Waals surface area (Å²) >= 11 is 1.83. The van der Waals surface area contributed by atoms with Gasteiger partial charge in [-0.15, -0.1) is 11.3 Å². The van der Waals surface area contributed by atoms with E-state index >= 15 is 0 Å². The fourth-order valence-corrected chi connectivity index (χ4v) is 2.73. The van der Waals surface area contributed by atoms with Crippen molar-refractivity contribution in [2.45, 2.75) is 46.1 Å². The highest BCUT2D eigenvalue weighted by atomic mass is 32.1. The molecular formula is C15H23N5S. The Morgan fingerprint density at radius 2 is 1.81 bits per heavy atom. The number of anilines is 2. The average Bonchev–Trinajstić information content (AvgIpc) is 2.92. The lowest BCUT2D eigenvalue weighted by atomic mass is 9.96. The first-order valence-corrected chi connectivity index (χ1v) is 7.91. The number of nitrogens with two attached hydrogens (primary N) is 1. The Balaban J connectivity index is 2.15. The molecule has 2 rings (SSSR count). The van der Waals surface area contributed by atoms with Gasteiger partial charge in [0, 0.05) is 21.2 Å². The number of nitrogens with zero attached hydrogens (tertiary/aromatic N) is 2. The first kappa shape index (κ1) is 15.7. The van der Waals surface area contributed by atoms with Gasteiger partial charge in [0.1, 0.15) is 17.5 Å². The second-order valence-corrected chi connectivity index (χ2v) is 7.18. The maximum atomic E-state index is 5.49. The van der Waals surface area contributed by atoms with Crippen LogP contribution >= 0.6 is 11.3 Å². The molecule has 114 valence electrons. The van der Waals surface area contributed by atoms with E-state index in [2.05, 4.69) is 60.5 Å². The molecule has 0 unspecified atom stereocenters. The number of aryl methyl sites for hydroxylation is 1. The zero-order valence-electron chi connectivity index (χ0n) is 13.0. The fourth-order valence-electron chi connectivity index (χ4n) is 1.83. The summed E-state index contributed by atoms with van der Waals surface area (Å²) in [5.74, 6) is 7.67. The molecule has 0 fully saturated rings. The summed E-state index contributed by atoms with van der Waals surface area (Å²) in [5, 5.41) is 3.35. The second-order valence-electron chi connectivity index (χ2n) is 5.93. The molecule has 0 saturated heterocycles. The number of hydrazine groups is 1. The number of nitrogens with one attached hydrogen (secondary N) is 2. The maximum Gasteiger partial charge on any atom is 0.145 e. The van der Waals surface area contributed by atoms with Crippen LogP contribution in [-0.4, -0.2) is 9.97 Å². The predicted octanol–water partition coefficient (Wildman–Crippen LogP) is 3.30. The van der Waals surface area contributed by atoms with E-state index in [1.54, 1.807) is 0 Å². The molecule has 2 heterocycles. The molecule has 2 aromatic heterocycles. The summed E-state index contributed by atoms with van der Waals surface area (Å²) in [5.41, 5.74) is 2.48. The van der Waals surface area contributed by atoms with Gasteiger partial charge < -0.3 is 10.7 Å². The van der Waals surface area contributed by atoms with E-state index in [0.717, 1.165) is 24.6 Å². The normalized spacial score (nSPS) is 11.5. The lowest BCUT2D eigenvalue weighted by Gasteiger charge is -2.18. The van der Waals surface area contributed by atoms with Crippen molar-refractivity contribution >= 4 is 23.0 Å². The summed E-state index contributed by atoms with van der Waals surface area (Å²) in [6.45, 7) is 9.18. The monoisotopic (exact) mass is 305 g/mol. The Hall–Kier alpha value is -1.66. The van der Waals surface area contributed by atoms with Gasteiger partial charge in [-0.3, -0.25) is 0 Å². The molecule has 0 aliphatic carbocycles. The molecule has 0 atom stereocenters. The molecule has 4 N–H and O–H groups in total. The van der Waals surface area contributed by atoms with Crippen LogP contribution in [0.1, 0.15) is 43.3 Å². The Kier molecular flexibility index (Phi) is 4.80. The Morgan fingerprint density at radius 3 is 2.38 bits per heavy atom. The Morgan fingerprint density at radius 1 is 1.14 bits per heavy atom. The predicted molar refractivity (Wildman–Crippen MR) is 89.6 cm³/mol. The molecule has 5 nitrogen and oxygen atoms in total. The average molecular weight is 305 g/mol. The second kappa shape index (κ2) is 6.41. The topological polar surface area (TPSA) is 75.9 Å². The maximum absolute atomic E-state index is 5.49. The van der Waals surface area contributed by atoms with Crippen LogP contribution in [0.15, 0.2) is 18.2 Å². The molecule has 0 amide bonds. The van der Waals surface area contributed by atoms with E-state index in [1.165, 1.54) is 9.75 Å². The molecule has 0 aromatic carbocycles. The summed E-state index contributed by atoms with van der Waals surface area (Å²) in [7, 11) is 0. The molecule has 0 spiro atoms. The summed E-state index contributed by atoms with van der Waals surface area (Å²) < 4.78 is 0. The van der Waals surface area contributed by atoms with Gasteiger partial charge in [-0.25, -0.2) is 15.8 Å². The molecule has 0 radical (unpaired) electrons. The summed E-state index contributed by atoms with van der Waals surface area (Å²) in [6, 6.07) is 6.16. The SMILES string of the molecule is CCc1ccc(CNc2cc(NN)nc(C(C)(C)C)n2)s1. The van der Waals surface area contributed by atoms with Gasteiger partial charge >= 0.3 is 0 Å². The van der Waals surface area contributed by atoms with Crippen LogP contribution in [-0.2, 0) is 18.4 Å². The molecule has 2 aromatic rings. The molecule has 21 heavy (non-hydrogen) atoms. The number of hydrogen-bond donors (Lipinski definition) is 3. The standard InChI is InChI=1S/C15H23N5S/c1-5-10-6-7-11(21-10)9-17-12-8-13(20-16)19-14(18-12)15(2,3)4/h6-8H,5,9,16H2,1-4H3,(H2,17,18,19,20). The number of hydrogen-bond acceptors (Lipinski definition) is 6. The number of thiophene rings is 1. The van der Waals surface area contributed by atoms with Crippen LogP contribution in [0.3, 0.4) is 0 Å². The lowest BCUT2D eigenvalue weighted by Crippen LogP contribution is -2.19. The van der Waals surface area contributed by atoms with Crippen LogP contribution < -0.4 is 16.6 Å². The molecular weight excluding hydrogens is 282 g/mol. The van der Waals surface area contributed by atoms with Gasteiger partial charge in [0.2, 0.25) is 0 Å². The van der Waals surface area contributed by atoms with E-state index in [9.17, 15) is 0 Å². The van der Waals surface area contributed by atoms with E-state index in [4.69, 9.17) is 5.84 Å². The lowest BCUT2D eigenvalue weighted by molar-refractivity contribution is 0.546. The quantitative estimate of drug-likeness (QED) is 0.584. The highest BCUT2D eigenvalue weighted by Gasteiger charge is 2.19. The van der Waals surface area contributed by atoms with Gasteiger partial charge in [0.15, 0.2) is 0 Å². The van der Waals surface area contributed by atoms with Crippen molar-refractivity contribution in [1.82, 2.24) is 9.97 Å². The summed E-state index contributed by atoms with van der Waals surface area (Å²) in [6.07, 6.45) is 1.08. The molecule has 6 heteroatoms. The minimum Gasteiger partial charge on any atom is -0.365 e. The van der Waals surface area contributed by atoms with Crippen molar-refractivity contribution in [2.75, 3.05) is 10.7 Å². The molecule has 0 aliphatic rings. The Bertz CT molecular complexity index is 600. The van der Waals surface area contributed by atoms with Gasteiger partial charge in [-0.2, -0.15) is 0 Å². The third-order valence-corrected chi connectivity index (χ3v) is 4.28. The fraction of sp³-hybridized carbons (Fsp3) is 0.467. The zero-order valence-corrected chi connectivity index (χ0v) is 13.8. The van der Waals surface area contributed by atoms with Crippen molar-refractivity contribution in [3.05, 3.63) is 33.8 Å². The van der Waals surface area contributed by atoms with Crippen molar-refractivity contribution < 1.29 is 0 Å². The first-order valence-electron chi connectivity index (χ1n) is 7.10. The van der Waals surface area contributed by atoms with E-state index < -0.39 is 0 Å². The van der Waals surface area contributed by atoms with Crippen molar-refractivity contribution in [1.29, 1.82) is 0 Å². The minimum absolute atomic E-state index is 0.123. The van der Waals surface area contributed by atoms with E-state index in [0.29, 0.717) is 5.82 Å². The van der Waals surface area contributed by atoms with Crippen LogP contribution in [0, 0.1) is 0 Å². The highest BCUT2D eigenvalue weighted by Crippen LogP contribution is 2.23. The molecule has 0 bridgehead atoms. The van der Waals surface area contributed by atoms with Crippen LogP contribution in [0.25, 0.3) is 0 Å². The van der Waals surface area contributed by atoms with Crippen molar-refractivity contribution in [3.63, 3.8) is 0 Å². The van der Waals surface area contributed by atoms with E-state index in [1.807, 2.05) is 17.4 Å². The number of aromatic nitrogens is 2. The van der Waals surface area contributed by atoms with Gasteiger partial charge in [0.05, 0.1) is 6.54 Å².